The van der Waals surface area contributed by atoms with Crippen molar-refractivity contribution in [1.82, 2.24) is 51.5 Å². The van der Waals surface area contributed by atoms with Crippen LogP contribution in [-0.2, 0) is 38.4 Å². The van der Waals surface area contributed by atoms with Crippen molar-refractivity contribution in [2.24, 2.45) is 22.7 Å². The van der Waals surface area contributed by atoms with Gasteiger partial charge in [0.2, 0.25) is 35.4 Å². The number of likely N-dealkylation sites (tertiary alicyclic amines) is 4. The average Bonchev–Trinajstić information content (AvgIpc) is 4.17. The smallest absolute Gasteiger partial charge is 0.309 e. The van der Waals surface area contributed by atoms with Crippen molar-refractivity contribution in [3.63, 3.8) is 0 Å². The normalized spacial score (nSPS) is 22.7. The average molecular weight is 1070 g/mol. The molecule has 418 valence electrons. The lowest BCUT2D eigenvalue weighted by Gasteiger charge is -2.37. The monoisotopic (exact) mass is 1070 g/mol. The van der Waals surface area contributed by atoms with Crippen molar-refractivity contribution in [2.45, 2.75) is 117 Å². The van der Waals surface area contributed by atoms with Crippen LogP contribution in [0.3, 0.4) is 0 Å². The molecule has 6 N–H and O–H groups in total. The Hall–Kier alpha value is -6.56. The molecular formula is C52H72F4N10O10. The van der Waals surface area contributed by atoms with E-state index < -0.39 is 155 Å². The first kappa shape index (κ1) is 58.7. The van der Waals surface area contributed by atoms with Crippen molar-refractivity contribution in [3.8, 4) is 11.5 Å². The highest BCUT2D eigenvalue weighted by Gasteiger charge is 2.55. The molecule has 0 radical (unpaired) electrons. The Morgan fingerprint density at radius 1 is 0.566 bits per heavy atom. The van der Waals surface area contributed by atoms with Gasteiger partial charge in [0, 0.05) is 50.1 Å². The number of hydrogen-bond acceptors (Lipinski definition) is 12. The fourth-order valence-electron chi connectivity index (χ4n) is 10.4. The Balaban J connectivity index is 1.12. The summed E-state index contributed by atoms with van der Waals surface area (Å²) in [5.74, 6) is -10.8. The van der Waals surface area contributed by atoms with Gasteiger partial charge >= 0.3 is 11.8 Å². The first-order valence-electron chi connectivity index (χ1n) is 25.5. The Bertz CT molecular complexity index is 2360. The van der Waals surface area contributed by atoms with Crippen molar-refractivity contribution < 1.29 is 65.4 Å². The van der Waals surface area contributed by atoms with Crippen LogP contribution in [0.4, 0.5) is 17.6 Å². The molecule has 8 amide bonds. The predicted molar refractivity (Wildman–Crippen MR) is 268 cm³/mol. The number of fused-ring (bicyclic) bond motifs is 2. The Labute approximate surface area is 440 Å². The number of carbonyl (C=O) groups excluding carboxylic acids is 8. The van der Waals surface area contributed by atoms with E-state index in [4.69, 9.17) is 9.47 Å². The van der Waals surface area contributed by atoms with Crippen molar-refractivity contribution in [3.05, 3.63) is 59.7 Å². The van der Waals surface area contributed by atoms with Crippen LogP contribution in [0, 0.1) is 45.9 Å². The third-order valence-corrected chi connectivity index (χ3v) is 14.8. The van der Waals surface area contributed by atoms with Gasteiger partial charge in [-0.1, -0.05) is 41.5 Å². The minimum Gasteiger partial charge on any atom is -0.493 e. The van der Waals surface area contributed by atoms with Gasteiger partial charge in [-0.25, -0.2) is 17.6 Å². The maximum Gasteiger partial charge on any atom is 0.309 e. The highest BCUT2D eigenvalue weighted by atomic mass is 19.2. The molecular weight excluding hydrogens is 1000 g/mol. The summed E-state index contributed by atoms with van der Waals surface area (Å²) >= 11 is 0. The molecule has 0 saturated carbocycles. The van der Waals surface area contributed by atoms with E-state index in [9.17, 15) is 55.9 Å². The van der Waals surface area contributed by atoms with Gasteiger partial charge in [-0.3, -0.25) is 38.4 Å². The molecule has 0 spiro atoms. The van der Waals surface area contributed by atoms with Gasteiger partial charge in [-0.05, 0) is 75.9 Å². The molecule has 10 atom stereocenters. The van der Waals surface area contributed by atoms with Gasteiger partial charge in [0.1, 0.15) is 23.6 Å². The SMILES string of the molecule is CNC(C)C(=O)NC(C(=O)N1CCC2C1C(COc1ccc(F)c(F)c1)CN2C(=O)CNC(=O)C(=O)NCC(=O)N1CC(COc2ccc(F)c(F)c2)C2C1CCN2C(=O)C(NC(=O)C(C)NC)C(C)(C)C)C(C)(C)C. The highest BCUT2D eigenvalue weighted by molar-refractivity contribution is 6.35. The summed E-state index contributed by atoms with van der Waals surface area (Å²) in [4.78, 5) is 116. The zero-order valence-corrected chi connectivity index (χ0v) is 44.7. The molecule has 76 heavy (non-hydrogen) atoms. The molecule has 0 bridgehead atoms. The third-order valence-electron chi connectivity index (χ3n) is 14.8. The van der Waals surface area contributed by atoms with Gasteiger partial charge in [0.15, 0.2) is 23.3 Å². The number of nitrogens with zero attached hydrogens (tertiary/aromatic N) is 4. The number of hydrogen-bond donors (Lipinski definition) is 6. The topological polar surface area (TPSA) is 240 Å². The van der Waals surface area contributed by atoms with Crippen molar-refractivity contribution >= 4 is 47.3 Å². The number of likely N-dealkylation sites (N-methyl/N-ethyl adjacent to an activating group) is 2. The van der Waals surface area contributed by atoms with Crippen LogP contribution < -0.4 is 41.4 Å². The quantitative estimate of drug-likeness (QED) is 0.0909. The number of halogens is 4. The summed E-state index contributed by atoms with van der Waals surface area (Å²) in [7, 11) is 3.22. The molecule has 6 rings (SSSR count). The second-order valence-electron chi connectivity index (χ2n) is 22.1. The third kappa shape index (κ3) is 13.3. The number of ether oxygens (including phenoxy) is 2. The largest absolute Gasteiger partial charge is 0.493 e. The van der Waals surface area contributed by atoms with E-state index in [0.717, 1.165) is 24.3 Å². The maximum atomic E-state index is 14.4. The van der Waals surface area contributed by atoms with Crippen LogP contribution in [0.2, 0.25) is 0 Å². The van der Waals surface area contributed by atoms with Crippen LogP contribution in [0.1, 0.15) is 68.2 Å². The van der Waals surface area contributed by atoms with Crippen molar-refractivity contribution in [1.29, 1.82) is 0 Å². The van der Waals surface area contributed by atoms with Gasteiger partial charge in [-0.2, -0.15) is 0 Å². The Morgan fingerprint density at radius 3 is 1.24 bits per heavy atom. The lowest BCUT2D eigenvalue weighted by atomic mass is 9.85. The number of amides is 8. The molecule has 4 saturated heterocycles. The molecule has 0 aliphatic carbocycles. The molecule has 4 heterocycles. The van der Waals surface area contributed by atoms with E-state index in [-0.39, 0.29) is 50.9 Å². The van der Waals surface area contributed by atoms with E-state index in [1.54, 1.807) is 79.3 Å². The Kier molecular flexibility index (Phi) is 18.7. The van der Waals surface area contributed by atoms with Crippen LogP contribution >= 0.6 is 0 Å². The molecule has 20 nitrogen and oxygen atoms in total. The van der Waals surface area contributed by atoms with Crippen LogP contribution in [0.25, 0.3) is 0 Å². The fourth-order valence-corrected chi connectivity index (χ4v) is 10.4. The van der Waals surface area contributed by atoms with Gasteiger partial charge in [0.25, 0.3) is 0 Å². The summed E-state index contributed by atoms with van der Waals surface area (Å²) < 4.78 is 67.6. The van der Waals surface area contributed by atoms with E-state index in [2.05, 4.69) is 31.9 Å². The fraction of sp³-hybridized carbons (Fsp3) is 0.615. The van der Waals surface area contributed by atoms with Crippen molar-refractivity contribution in [2.75, 3.05) is 66.6 Å². The summed E-state index contributed by atoms with van der Waals surface area (Å²) in [5, 5.41) is 16.1. The standard InChI is InChI=1S/C52H72F4N10O10/c1-27(57-9)45(69)61-43(51(3,4)5)49(73)63-17-15-37-41(63)29(25-75-31-11-13-33(53)35(55)19-31)23-65(37)39(67)21-59-47(71)48(72)60-22-40(68)66-24-30(26-76-32-12-14-34(54)36(56)20-32)42-38(66)16-18-64(42)50(74)44(52(6,7)8)62-46(70)28(2)58-10/h11-14,19-20,27-30,37-38,41-44,57-58H,15-18,21-26H2,1-10H3,(H,59,71)(H,60,72)(H,61,69)(H,62,70). The second kappa shape index (κ2) is 24.2. The van der Waals surface area contributed by atoms with Gasteiger partial charge in [-0.15, -0.1) is 0 Å². The first-order valence-corrected chi connectivity index (χ1v) is 25.5. The molecule has 4 aliphatic rings. The molecule has 2 aromatic rings. The Morgan fingerprint density at radius 2 is 0.921 bits per heavy atom. The molecule has 2 aromatic carbocycles. The van der Waals surface area contributed by atoms with Crippen LogP contribution in [0.5, 0.6) is 11.5 Å². The number of benzene rings is 2. The van der Waals surface area contributed by atoms with Crippen LogP contribution in [0.15, 0.2) is 36.4 Å². The minimum atomic E-state index is -1.23. The summed E-state index contributed by atoms with van der Waals surface area (Å²) in [6, 6.07) is 0.389. The van der Waals surface area contributed by atoms with Crippen LogP contribution in [-0.4, -0.2) is 182 Å². The predicted octanol–water partition coefficient (Wildman–Crippen LogP) is 1.07. The minimum absolute atomic E-state index is 0.0103. The number of rotatable bonds is 18. The molecule has 0 aromatic heterocycles. The zero-order valence-electron chi connectivity index (χ0n) is 44.7. The second-order valence-corrected chi connectivity index (χ2v) is 22.1. The number of carbonyl (C=O) groups is 8. The summed E-state index contributed by atoms with van der Waals surface area (Å²) in [6.07, 6.45) is 0.619. The zero-order chi connectivity index (χ0) is 56.1. The van der Waals surface area contributed by atoms with E-state index in [1.807, 2.05) is 0 Å². The lowest BCUT2D eigenvalue weighted by molar-refractivity contribution is -0.142. The first-order chi connectivity index (χ1) is 35.7. The lowest BCUT2D eigenvalue weighted by Crippen LogP contribution is -2.59. The van der Waals surface area contributed by atoms with E-state index >= 15 is 0 Å². The molecule has 24 heteroatoms. The summed E-state index contributed by atoms with van der Waals surface area (Å²) in [6.45, 7) is 13.0. The van der Waals surface area contributed by atoms with E-state index in [1.165, 1.54) is 21.9 Å². The maximum absolute atomic E-state index is 14.4. The highest BCUT2D eigenvalue weighted by Crippen LogP contribution is 2.40. The summed E-state index contributed by atoms with van der Waals surface area (Å²) in [5.41, 5.74) is -1.49. The van der Waals surface area contributed by atoms with Gasteiger partial charge < -0.3 is 61.0 Å². The molecule has 10 unspecified atom stereocenters. The molecule has 4 fully saturated rings. The number of nitrogens with one attached hydrogen (secondary N) is 6. The van der Waals surface area contributed by atoms with E-state index in [0.29, 0.717) is 12.8 Å². The van der Waals surface area contributed by atoms with Gasteiger partial charge in [0.05, 0.1) is 62.6 Å². The molecule has 4 aliphatic heterocycles.